The Labute approximate surface area is 152 Å². The van der Waals surface area contributed by atoms with Crippen LogP contribution in [0.5, 0.6) is 0 Å². The molecule has 4 rings (SSSR count). The van der Waals surface area contributed by atoms with Gasteiger partial charge in [-0.05, 0) is 0 Å². The van der Waals surface area contributed by atoms with Crippen molar-refractivity contribution in [2.45, 2.75) is 24.5 Å². The molecule has 0 aliphatic carbocycles. The van der Waals surface area contributed by atoms with Gasteiger partial charge in [0.25, 0.3) is 0 Å². The van der Waals surface area contributed by atoms with Gasteiger partial charge in [-0.1, -0.05) is 12.2 Å². The lowest BCUT2D eigenvalue weighted by Gasteiger charge is -2.22. The smallest absolute Gasteiger partial charge is 0.164 e. The number of methoxy groups -OCH3 is 3. The van der Waals surface area contributed by atoms with Gasteiger partial charge in [0.05, 0.1) is 29.5 Å². The number of nitrogens with one attached hydrogen (secondary N) is 1. The number of rotatable bonds is 5. The molecule has 10 heteroatoms. The van der Waals surface area contributed by atoms with Gasteiger partial charge in [-0.2, -0.15) is 0 Å². The van der Waals surface area contributed by atoms with Crippen LogP contribution in [0.2, 0.25) is 0 Å². The van der Waals surface area contributed by atoms with E-state index < -0.39 is 0 Å². The molecule has 0 bridgehead atoms. The van der Waals surface area contributed by atoms with E-state index in [1.54, 1.807) is 34.0 Å². The Morgan fingerprint density at radius 2 is 2.08 bits per heavy atom. The summed E-state index contributed by atoms with van der Waals surface area (Å²) < 4.78 is 26.2. The normalized spacial score (nSPS) is 26.8. The van der Waals surface area contributed by atoms with E-state index in [0.717, 1.165) is 20.6 Å². The molecule has 1 saturated heterocycles. The lowest BCUT2D eigenvalue weighted by atomic mass is 10.1. The molecule has 1 aliphatic heterocycles. The quantitative estimate of drug-likeness (QED) is 0.678. The highest BCUT2D eigenvalue weighted by atomic mass is 32.1. The van der Waals surface area contributed by atoms with Gasteiger partial charge in [0.15, 0.2) is 6.23 Å². The Bertz CT molecular complexity index is 952. The molecule has 3 aromatic heterocycles. The maximum atomic E-state index is 6.21. The van der Waals surface area contributed by atoms with Gasteiger partial charge in [-0.15, -0.1) is 11.3 Å². The first-order valence-electron chi connectivity index (χ1n) is 7.72. The van der Waals surface area contributed by atoms with E-state index in [9.17, 15) is 0 Å². The molecule has 4 atom stereocenters. The molecule has 0 unspecified atom stereocenters. The van der Waals surface area contributed by atoms with E-state index in [-0.39, 0.29) is 24.5 Å². The molecule has 0 spiro atoms. The number of hydrogen-bond acceptors (Lipinski definition) is 8. The Balaban J connectivity index is 1.84. The molecule has 0 radical (unpaired) electrons. The third-order valence-corrected chi connectivity index (χ3v) is 5.98. The van der Waals surface area contributed by atoms with Crippen molar-refractivity contribution in [3.05, 3.63) is 17.3 Å². The molecule has 3 aromatic rings. The molecule has 1 N–H and O–H groups in total. The standard InChI is InChI=1S/C15H18N4O4S2/c1-20-4-7-10(21-2)11(22-3)15(23-7)19-6-18-14-9(19)8-12(25-14)13(24)17-5-16-8/h5-7,10-11,15H,4H2,1-3H3,(H,16,17,24)/t7-,10-,11-,15-/m1/s1. The van der Waals surface area contributed by atoms with Crippen molar-refractivity contribution in [1.82, 2.24) is 19.5 Å². The van der Waals surface area contributed by atoms with Gasteiger partial charge < -0.3 is 23.9 Å². The number of ether oxygens (including phenoxy) is 4. The first-order valence-corrected chi connectivity index (χ1v) is 8.94. The predicted molar refractivity (Wildman–Crippen MR) is 95.5 cm³/mol. The van der Waals surface area contributed by atoms with E-state index in [1.165, 1.54) is 11.3 Å². The molecule has 0 saturated carbocycles. The van der Waals surface area contributed by atoms with Crippen LogP contribution >= 0.6 is 23.6 Å². The van der Waals surface area contributed by atoms with E-state index in [2.05, 4.69) is 15.0 Å². The summed E-state index contributed by atoms with van der Waals surface area (Å²) in [5.41, 5.74) is 1.83. The molecule has 1 fully saturated rings. The second-order valence-corrected chi connectivity index (χ2v) is 7.13. The highest BCUT2D eigenvalue weighted by molar-refractivity contribution is 7.71. The third kappa shape index (κ3) is 2.60. The Morgan fingerprint density at radius 1 is 1.28 bits per heavy atom. The molecule has 134 valence electrons. The van der Waals surface area contributed by atoms with Crippen molar-refractivity contribution in [3.63, 3.8) is 0 Å². The van der Waals surface area contributed by atoms with Crippen LogP contribution in [0.1, 0.15) is 6.23 Å². The van der Waals surface area contributed by atoms with Crippen molar-refractivity contribution >= 4 is 44.1 Å². The lowest BCUT2D eigenvalue weighted by Crippen LogP contribution is -2.36. The highest BCUT2D eigenvalue weighted by Crippen LogP contribution is 2.39. The van der Waals surface area contributed by atoms with Crippen LogP contribution in [-0.4, -0.2) is 65.8 Å². The summed E-state index contributed by atoms with van der Waals surface area (Å²) in [5, 5.41) is 0. The van der Waals surface area contributed by atoms with Gasteiger partial charge in [0.1, 0.15) is 33.3 Å². The molecular formula is C15H18N4O4S2. The number of hydrogen-bond donors (Lipinski definition) is 1. The highest BCUT2D eigenvalue weighted by Gasteiger charge is 2.46. The van der Waals surface area contributed by atoms with Crippen molar-refractivity contribution in [1.29, 1.82) is 0 Å². The van der Waals surface area contributed by atoms with Crippen LogP contribution in [0.3, 0.4) is 0 Å². The summed E-state index contributed by atoms with van der Waals surface area (Å²) in [7, 11) is 4.94. The van der Waals surface area contributed by atoms with Crippen molar-refractivity contribution in [3.8, 4) is 0 Å². The predicted octanol–water partition coefficient (Wildman–Crippen LogP) is 2.28. The minimum absolute atomic E-state index is 0.229. The number of fused-ring (bicyclic) bond motifs is 3. The minimum Gasteiger partial charge on any atom is -0.382 e. The van der Waals surface area contributed by atoms with Gasteiger partial charge in [0, 0.05) is 21.3 Å². The average Bonchev–Trinajstić information content (AvgIpc) is 3.27. The molecule has 0 amide bonds. The fourth-order valence-electron chi connectivity index (χ4n) is 3.37. The Hall–Kier alpha value is -1.43. The number of aromatic amines is 1. The molecule has 1 aliphatic rings. The van der Waals surface area contributed by atoms with E-state index in [1.807, 2.05) is 4.57 Å². The van der Waals surface area contributed by atoms with Crippen LogP contribution in [0.4, 0.5) is 0 Å². The zero-order valence-electron chi connectivity index (χ0n) is 14.0. The summed E-state index contributed by atoms with van der Waals surface area (Å²) in [4.78, 5) is 12.7. The van der Waals surface area contributed by atoms with Crippen LogP contribution in [0.25, 0.3) is 20.6 Å². The monoisotopic (exact) mass is 382 g/mol. The summed E-state index contributed by atoms with van der Waals surface area (Å²) in [6, 6.07) is 0. The largest absolute Gasteiger partial charge is 0.382 e. The van der Waals surface area contributed by atoms with Gasteiger partial charge in [0.2, 0.25) is 0 Å². The second-order valence-electron chi connectivity index (χ2n) is 5.74. The maximum absolute atomic E-state index is 6.21. The Morgan fingerprint density at radius 3 is 2.80 bits per heavy atom. The van der Waals surface area contributed by atoms with E-state index in [4.69, 9.17) is 31.2 Å². The third-order valence-electron chi connectivity index (χ3n) is 4.44. The summed E-state index contributed by atoms with van der Waals surface area (Å²) in [6.07, 6.45) is 2.22. The molecule has 8 nitrogen and oxygen atoms in total. The topological polar surface area (TPSA) is 83.4 Å². The number of thiophene rings is 1. The molecule has 25 heavy (non-hydrogen) atoms. The molecular weight excluding hydrogens is 364 g/mol. The van der Waals surface area contributed by atoms with Gasteiger partial charge in [-0.3, -0.25) is 4.57 Å². The van der Waals surface area contributed by atoms with Crippen molar-refractivity contribution < 1.29 is 18.9 Å². The van der Waals surface area contributed by atoms with Gasteiger partial charge in [-0.25, -0.2) is 9.97 Å². The zero-order chi connectivity index (χ0) is 17.6. The number of aromatic nitrogens is 4. The van der Waals surface area contributed by atoms with E-state index in [0.29, 0.717) is 11.2 Å². The number of imidazole rings is 1. The first kappa shape index (κ1) is 17.0. The van der Waals surface area contributed by atoms with Crippen LogP contribution < -0.4 is 0 Å². The van der Waals surface area contributed by atoms with E-state index >= 15 is 0 Å². The maximum Gasteiger partial charge on any atom is 0.164 e. The van der Waals surface area contributed by atoms with Crippen LogP contribution in [0.15, 0.2) is 12.7 Å². The number of H-pyrrole nitrogens is 1. The molecule has 0 aromatic carbocycles. The molecule has 4 heterocycles. The minimum atomic E-state index is -0.381. The van der Waals surface area contributed by atoms with Crippen LogP contribution in [0, 0.1) is 4.64 Å². The van der Waals surface area contributed by atoms with Crippen molar-refractivity contribution in [2.75, 3.05) is 27.9 Å². The summed E-state index contributed by atoms with van der Waals surface area (Å²) in [6.45, 7) is 0.420. The summed E-state index contributed by atoms with van der Waals surface area (Å²) >= 11 is 6.84. The SMILES string of the molecule is COC[C@H]1O[C@@H](n2cnc3sc4c(=S)nc[nH]c4c32)[C@H](OC)[C@@H]1OC. The fraction of sp³-hybridized carbons (Fsp3) is 0.533. The van der Waals surface area contributed by atoms with Crippen LogP contribution in [-0.2, 0) is 18.9 Å². The lowest BCUT2D eigenvalue weighted by molar-refractivity contribution is -0.0634. The Kier molecular flexibility index (Phi) is 4.56. The fourth-order valence-corrected chi connectivity index (χ4v) is 4.64. The second kappa shape index (κ2) is 6.71. The zero-order valence-corrected chi connectivity index (χ0v) is 15.6. The number of nitrogens with zero attached hydrogens (tertiary/aromatic N) is 3. The van der Waals surface area contributed by atoms with Gasteiger partial charge >= 0.3 is 0 Å². The average molecular weight is 382 g/mol. The van der Waals surface area contributed by atoms with Crippen molar-refractivity contribution in [2.24, 2.45) is 0 Å². The summed E-state index contributed by atoms with van der Waals surface area (Å²) in [5.74, 6) is 0. The first-order chi connectivity index (χ1) is 12.2.